The van der Waals surface area contributed by atoms with Gasteiger partial charge in [-0.3, -0.25) is 10.1 Å². The summed E-state index contributed by atoms with van der Waals surface area (Å²) in [5, 5.41) is 11.7. The minimum absolute atomic E-state index is 0.110. The van der Waals surface area contributed by atoms with Gasteiger partial charge in [-0.2, -0.15) is 0 Å². The largest absolute Gasteiger partial charge is 0.376 e. The van der Waals surface area contributed by atoms with Crippen LogP contribution in [0, 0.1) is 10.1 Å². The Morgan fingerprint density at radius 3 is 2.27 bits per heavy atom. The first-order chi connectivity index (χ1) is 10.2. The normalized spacial score (nSPS) is 11.9. The molecule has 6 nitrogen and oxygen atoms in total. The number of hydrogen-bond donors (Lipinski definition) is 0. The quantitative estimate of drug-likeness (QED) is 0.639. The van der Waals surface area contributed by atoms with E-state index in [2.05, 4.69) is 18.4 Å². The summed E-state index contributed by atoms with van der Waals surface area (Å²) in [6.07, 6.45) is 1.95. The number of nitro benzene ring substituents is 1. The van der Waals surface area contributed by atoms with Crippen LogP contribution in [0.1, 0.15) is 27.7 Å². The van der Waals surface area contributed by atoms with Gasteiger partial charge in [0.15, 0.2) is 0 Å². The number of hydrogen-bond acceptors (Lipinski definition) is 4. The van der Waals surface area contributed by atoms with Crippen molar-refractivity contribution < 1.29 is 14.5 Å². The molecular formula is C16H22N2O4. The number of benzene rings is 1. The number of rotatable bonds is 4. The van der Waals surface area contributed by atoms with Crippen molar-refractivity contribution in [2.24, 2.45) is 0 Å². The van der Waals surface area contributed by atoms with Crippen molar-refractivity contribution >= 4 is 23.4 Å². The molecule has 0 atom stereocenters. The fourth-order valence-corrected chi connectivity index (χ4v) is 2.27. The van der Waals surface area contributed by atoms with E-state index in [9.17, 15) is 10.1 Å². The van der Waals surface area contributed by atoms with E-state index >= 15 is 0 Å². The number of nitro groups is 1. The second-order valence-corrected chi connectivity index (χ2v) is 5.96. The molecule has 22 heavy (non-hydrogen) atoms. The summed E-state index contributed by atoms with van der Waals surface area (Å²) in [4.78, 5) is 18.5. The molecule has 0 aliphatic rings. The molecule has 2 aromatic rings. The summed E-state index contributed by atoms with van der Waals surface area (Å²) in [7, 11) is 1.69. The van der Waals surface area contributed by atoms with Gasteiger partial charge in [-0.15, -0.1) is 0 Å². The van der Waals surface area contributed by atoms with E-state index in [1.54, 1.807) is 19.2 Å². The lowest BCUT2D eigenvalue weighted by molar-refractivity contribution is -0.384. The monoisotopic (exact) mass is 306 g/mol. The van der Waals surface area contributed by atoms with Gasteiger partial charge in [0.25, 0.3) is 5.69 Å². The molecule has 0 amide bonds. The molecule has 0 unspecified atom stereocenters. The van der Waals surface area contributed by atoms with Gasteiger partial charge in [0.05, 0.1) is 16.1 Å². The van der Waals surface area contributed by atoms with Gasteiger partial charge in [0.2, 0.25) is 0 Å². The molecule has 0 radical (unpaired) electrons. The van der Waals surface area contributed by atoms with E-state index in [1.165, 1.54) is 6.07 Å². The minimum atomic E-state index is -0.374. The van der Waals surface area contributed by atoms with E-state index in [0.717, 1.165) is 10.9 Å². The first kappa shape index (κ1) is 17.8. The third kappa shape index (κ3) is 2.87. The number of nitrogens with zero attached hydrogens (tertiary/aromatic N) is 2. The first-order valence-electron chi connectivity index (χ1n) is 6.81. The average Bonchev–Trinajstić information content (AvgIpc) is 2.92. The summed E-state index contributed by atoms with van der Waals surface area (Å²) >= 11 is 0. The first-order valence-corrected chi connectivity index (χ1v) is 6.81. The maximum atomic E-state index is 10.8. The number of carbonyl (C=O) groups is 1. The highest BCUT2D eigenvalue weighted by molar-refractivity contribution is 5.82. The lowest BCUT2D eigenvalue weighted by Gasteiger charge is -2.42. The van der Waals surface area contributed by atoms with Gasteiger partial charge < -0.3 is 14.1 Å². The summed E-state index contributed by atoms with van der Waals surface area (Å²) in [6, 6.07) is 6.83. The van der Waals surface area contributed by atoms with Crippen LogP contribution in [0.5, 0.6) is 0 Å². The maximum Gasteiger partial charge on any atom is 0.270 e. The van der Waals surface area contributed by atoms with Gasteiger partial charge >= 0.3 is 0 Å². The predicted octanol–water partition coefficient (Wildman–Crippen LogP) is 3.52. The van der Waals surface area contributed by atoms with Gasteiger partial charge in [0.1, 0.15) is 6.79 Å². The highest BCUT2D eigenvalue weighted by atomic mass is 16.6. The molecule has 1 aromatic heterocycles. The molecule has 1 aromatic carbocycles. The lowest BCUT2D eigenvalue weighted by Crippen LogP contribution is -2.48. The van der Waals surface area contributed by atoms with E-state index in [1.807, 2.05) is 32.9 Å². The van der Waals surface area contributed by atoms with E-state index in [-0.39, 0.29) is 21.8 Å². The highest BCUT2D eigenvalue weighted by Crippen LogP contribution is 2.35. The van der Waals surface area contributed by atoms with E-state index in [0.29, 0.717) is 0 Å². The zero-order valence-electron chi connectivity index (χ0n) is 13.6. The van der Waals surface area contributed by atoms with Crippen molar-refractivity contribution in [1.29, 1.82) is 0 Å². The molecule has 0 saturated heterocycles. The average molecular weight is 306 g/mol. The molecule has 0 bridgehead atoms. The van der Waals surface area contributed by atoms with Crippen LogP contribution >= 0.6 is 0 Å². The Kier molecular flexibility index (Phi) is 5.09. The zero-order chi connectivity index (χ0) is 17.1. The zero-order valence-corrected chi connectivity index (χ0v) is 13.6. The summed E-state index contributed by atoms with van der Waals surface area (Å²) in [5.74, 6) is 0. The van der Waals surface area contributed by atoms with Crippen LogP contribution in [-0.4, -0.2) is 29.0 Å². The highest BCUT2D eigenvalue weighted by Gasteiger charge is 2.39. The van der Waals surface area contributed by atoms with Crippen molar-refractivity contribution in [3.8, 4) is 0 Å². The summed E-state index contributed by atoms with van der Waals surface area (Å²) in [6.45, 7) is 10.3. The van der Waals surface area contributed by atoms with Crippen LogP contribution in [0.25, 0.3) is 10.9 Å². The standard InChI is InChI=1S/C15H20N2O3.CH2O/c1-14(2,15(3,4)20-5)16-9-8-11-10-12(17(18)19)6-7-13(11)16;1-2/h6-10H,1-5H3;1H2. The molecule has 0 spiro atoms. The maximum absolute atomic E-state index is 10.8. The number of ether oxygens (including phenoxy) is 1. The number of methoxy groups -OCH3 is 1. The van der Waals surface area contributed by atoms with E-state index < -0.39 is 0 Å². The second-order valence-electron chi connectivity index (χ2n) is 5.96. The number of non-ortho nitro benzene ring substituents is 1. The van der Waals surface area contributed by atoms with Crippen molar-refractivity contribution in [3.05, 3.63) is 40.6 Å². The molecule has 6 heteroatoms. The number of fused-ring (bicyclic) bond motifs is 1. The molecule has 0 N–H and O–H groups in total. The lowest BCUT2D eigenvalue weighted by atomic mass is 9.85. The van der Waals surface area contributed by atoms with Crippen LogP contribution in [0.4, 0.5) is 5.69 Å². The SMILES string of the molecule is C=O.COC(C)(C)C(C)(C)n1ccc2cc([N+](=O)[O-])ccc21. The molecule has 1 heterocycles. The Hall–Kier alpha value is -2.21. The third-order valence-corrected chi connectivity index (χ3v) is 4.47. The smallest absolute Gasteiger partial charge is 0.270 e. The van der Waals surface area contributed by atoms with Gasteiger partial charge in [0, 0.05) is 36.3 Å². The Morgan fingerprint density at radius 1 is 1.18 bits per heavy atom. The molecule has 0 aliphatic heterocycles. The van der Waals surface area contributed by atoms with Crippen LogP contribution in [-0.2, 0) is 15.1 Å². The van der Waals surface area contributed by atoms with Crippen LogP contribution in [0.3, 0.4) is 0 Å². The Bertz CT molecular complexity index is 674. The Balaban J connectivity index is 0.00000116. The van der Waals surface area contributed by atoms with Crippen molar-refractivity contribution in [3.63, 3.8) is 0 Å². The Labute approximate surface area is 129 Å². The molecule has 120 valence electrons. The van der Waals surface area contributed by atoms with Crippen molar-refractivity contribution in [2.75, 3.05) is 7.11 Å². The van der Waals surface area contributed by atoms with Crippen LogP contribution in [0.2, 0.25) is 0 Å². The molecule has 0 saturated carbocycles. The van der Waals surface area contributed by atoms with Gasteiger partial charge in [-0.25, -0.2) is 0 Å². The topological polar surface area (TPSA) is 74.4 Å². The molecule has 2 rings (SSSR count). The van der Waals surface area contributed by atoms with Crippen molar-refractivity contribution in [1.82, 2.24) is 4.57 Å². The summed E-state index contributed by atoms with van der Waals surface area (Å²) in [5.41, 5.74) is 0.408. The fourth-order valence-electron chi connectivity index (χ4n) is 2.27. The molecule has 0 fully saturated rings. The second kappa shape index (κ2) is 6.27. The van der Waals surface area contributed by atoms with Gasteiger partial charge in [-0.1, -0.05) is 0 Å². The summed E-state index contributed by atoms with van der Waals surface area (Å²) < 4.78 is 7.71. The Morgan fingerprint density at radius 2 is 1.77 bits per heavy atom. The number of aromatic nitrogens is 1. The number of carbonyl (C=O) groups excluding carboxylic acids is 1. The van der Waals surface area contributed by atoms with Crippen molar-refractivity contribution in [2.45, 2.75) is 38.8 Å². The van der Waals surface area contributed by atoms with Gasteiger partial charge in [-0.05, 0) is 39.8 Å². The molecule has 0 aliphatic carbocycles. The fraction of sp³-hybridized carbons (Fsp3) is 0.438. The molecular weight excluding hydrogens is 284 g/mol. The van der Waals surface area contributed by atoms with Crippen LogP contribution in [0.15, 0.2) is 30.5 Å². The van der Waals surface area contributed by atoms with E-state index in [4.69, 9.17) is 9.53 Å². The predicted molar refractivity (Wildman–Crippen MR) is 86.1 cm³/mol. The minimum Gasteiger partial charge on any atom is -0.376 e. The third-order valence-electron chi connectivity index (χ3n) is 4.47. The van der Waals surface area contributed by atoms with Crippen LogP contribution < -0.4 is 0 Å².